The largest absolute Gasteiger partial charge is 0.417 e. The smallest absolute Gasteiger partial charge is 0.0298 e. The average molecular weight is 687 g/mol. The molecule has 5 heteroatoms. The number of nitrogens with zero attached hydrogens (tertiary/aromatic N) is 1. The second-order valence-corrected chi connectivity index (χ2v) is 8.88. The summed E-state index contributed by atoms with van der Waals surface area (Å²) in [6.07, 6.45) is 8.24. The molecular formula is C24H28NNiOPr2-. The van der Waals surface area contributed by atoms with Crippen LogP contribution < -0.4 is 0 Å². The van der Waals surface area contributed by atoms with Crippen LogP contribution in [0.3, 0.4) is 0 Å². The van der Waals surface area contributed by atoms with Gasteiger partial charge >= 0.3 is 0 Å². The maximum atomic E-state index is 10.7. The number of hydrogen-bond acceptors (Lipinski definition) is 2. The van der Waals surface area contributed by atoms with E-state index in [0.29, 0.717) is 5.69 Å². The number of hydrogen-bond donors (Lipinski definition) is 0. The first kappa shape index (κ1) is 30.0. The summed E-state index contributed by atoms with van der Waals surface area (Å²) in [5, 5.41) is 0. The van der Waals surface area contributed by atoms with Gasteiger partial charge in [0.05, 0.1) is 0 Å². The predicted molar refractivity (Wildman–Crippen MR) is 109 cm³/mol. The van der Waals surface area contributed by atoms with Crippen LogP contribution in [-0.2, 0) is 32.1 Å². The van der Waals surface area contributed by atoms with Crippen LogP contribution in [0, 0.1) is 89.5 Å². The minimum atomic E-state index is 0. The third kappa shape index (κ3) is 6.74. The van der Waals surface area contributed by atoms with Gasteiger partial charge in [-0.15, -0.1) is 6.07 Å². The SMILES string of the molecule is C/C(=C/c1cc2c(cc1C)C(C)(C)CCC2(C)C)c1ccc([C-]=O)nc1.[Ni].[Pr].[Pr]. The van der Waals surface area contributed by atoms with Crippen LogP contribution in [0.15, 0.2) is 30.5 Å². The Kier molecular flexibility index (Phi) is 12.1. The third-order valence-electron chi connectivity index (χ3n) is 5.93. The van der Waals surface area contributed by atoms with E-state index in [-0.39, 0.29) is 110 Å². The molecular weight excluding hydrogens is 659 g/mol. The fourth-order valence-corrected chi connectivity index (χ4v) is 3.90. The summed E-state index contributed by atoms with van der Waals surface area (Å²) >= 11 is 0. The molecule has 0 bridgehead atoms. The zero-order valence-corrected chi connectivity index (χ0v) is 26.6. The molecule has 0 saturated heterocycles. The van der Waals surface area contributed by atoms with Crippen molar-refractivity contribution < 1.29 is 104 Å². The summed E-state index contributed by atoms with van der Waals surface area (Å²) in [6.45, 7) is 13.7. The second-order valence-electron chi connectivity index (χ2n) is 8.88. The monoisotopic (exact) mass is 686 g/mol. The molecule has 1 heterocycles. The molecule has 0 spiro atoms. The van der Waals surface area contributed by atoms with Crippen LogP contribution in [0.1, 0.15) is 81.0 Å². The Morgan fingerprint density at radius 2 is 1.59 bits per heavy atom. The molecule has 0 unspecified atom stereocenters. The maximum Gasteiger partial charge on any atom is 0.0298 e. The van der Waals surface area contributed by atoms with Gasteiger partial charge in [0, 0.05) is 112 Å². The van der Waals surface area contributed by atoms with Gasteiger partial charge in [0.25, 0.3) is 0 Å². The Morgan fingerprint density at radius 3 is 2.07 bits per heavy atom. The molecule has 2 nitrogen and oxygen atoms in total. The Morgan fingerprint density at radius 1 is 1.03 bits per heavy atom. The minimum Gasteiger partial charge on any atom is -0.417 e. The Hall–Kier alpha value is 1.00. The fraction of sp³-hybridized carbons (Fsp3) is 0.417. The quantitative estimate of drug-likeness (QED) is 0.304. The zero-order valence-electron chi connectivity index (χ0n) is 18.2. The van der Waals surface area contributed by atoms with Crippen molar-refractivity contribution in [1.82, 2.24) is 4.98 Å². The molecule has 29 heavy (non-hydrogen) atoms. The number of aryl methyl sites for hydroxylation is 1. The van der Waals surface area contributed by atoms with Gasteiger partial charge in [0.1, 0.15) is 0 Å². The van der Waals surface area contributed by atoms with Crippen molar-refractivity contribution in [3.8, 4) is 0 Å². The van der Waals surface area contributed by atoms with Gasteiger partial charge in [-0.3, -0.25) is 4.98 Å². The minimum absolute atomic E-state index is 0. The van der Waals surface area contributed by atoms with Gasteiger partial charge in [0.2, 0.25) is 0 Å². The first-order valence-electron chi connectivity index (χ1n) is 9.32. The molecule has 0 atom stereocenters. The molecule has 0 N–H and O–H groups in total. The summed E-state index contributed by atoms with van der Waals surface area (Å²) < 4.78 is 0. The van der Waals surface area contributed by atoms with Crippen LogP contribution in [-0.4, -0.2) is 11.3 Å². The average Bonchev–Trinajstić information content (AvgIpc) is 2.60. The molecule has 0 aliphatic heterocycles. The molecule has 152 valence electrons. The predicted octanol–water partition coefficient (Wildman–Crippen LogP) is 5.75. The summed E-state index contributed by atoms with van der Waals surface area (Å²) in [7, 11) is 0. The van der Waals surface area contributed by atoms with E-state index >= 15 is 0 Å². The van der Waals surface area contributed by atoms with E-state index in [2.05, 4.69) is 64.7 Å². The van der Waals surface area contributed by atoms with Crippen LogP contribution in [0.4, 0.5) is 0 Å². The zero-order chi connectivity index (χ0) is 19.1. The molecule has 3 rings (SSSR count). The van der Waals surface area contributed by atoms with Crippen molar-refractivity contribution in [1.29, 1.82) is 0 Å². The number of carbonyl (C=O) groups excluding carboxylic acids is 1. The van der Waals surface area contributed by atoms with Crippen molar-refractivity contribution in [2.75, 3.05) is 0 Å². The van der Waals surface area contributed by atoms with Gasteiger partial charge < -0.3 is 4.79 Å². The number of fused-ring (bicyclic) bond motifs is 1. The normalized spacial score (nSPS) is 16.4. The standard InChI is InChI=1S/C24H28NO.Ni.2Pr/c1-16(18-7-8-20(15-26)25-14-18)11-19-13-22-21(12-17(19)2)23(3,4)9-10-24(22,5)6;;;/h7-8,11-14H,9-10H2,1-6H3;;;/q-1;;;/b16-11-;;;. The van der Waals surface area contributed by atoms with Crippen LogP contribution in [0.25, 0.3) is 11.6 Å². The molecule has 2 aromatic rings. The van der Waals surface area contributed by atoms with Crippen molar-refractivity contribution >= 4 is 17.9 Å². The van der Waals surface area contributed by atoms with Crippen molar-refractivity contribution in [3.63, 3.8) is 0 Å². The number of allylic oxidation sites excluding steroid dienone is 1. The topological polar surface area (TPSA) is 30.0 Å². The van der Waals surface area contributed by atoms with E-state index in [4.69, 9.17) is 0 Å². The molecule has 2 radical (unpaired) electrons. The van der Waals surface area contributed by atoms with E-state index < -0.39 is 0 Å². The molecule has 1 aliphatic rings. The third-order valence-corrected chi connectivity index (χ3v) is 5.93. The number of rotatable bonds is 3. The van der Waals surface area contributed by atoms with Crippen molar-refractivity contribution in [2.24, 2.45) is 0 Å². The number of aromatic nitrogens is 1. The summed E-state index contributed by atoms with van der Waals surface area (Å²) in [5.74, 6) is 0. The fourth-order valence-electron chi connectivity index (χ4n) is 3.90. The van der Waals surface area contributed by atoms with Gasteiger partial charge in [-0.25, -0.2) is 0 Å². The molecule has 1 aromatic heterocycles. The summed E-state index contributed by atoms with van der Waals surface area (Å²) in [6, 6.07) is 8.42. The molecule has 0 saturated carbocycles. The summed E-state index contributed by atoms with van der Waals surface area (Å²) in [5.41, 5.74) is 8.49. The van der Waals surface area contributed by atoms with Gasteiger partial charge in [-0.05, 0) is 70.9 Å². The van der Waals surface area contributed by atoms with Gasteiger partial charge in [-0.1, -0.05) is 51.6 Å². The first-order chi connectivity index (χ1) is 12.1. The maximum absolute atomic E-state index is 10.7. The molecule has 1 aliphatic carbocycles. The van der Waals surface area contributed by atoms with E-state index in [9.17, 15) is 4.79 Å². The van der Waals surface area contributed by atoms with Gasteiger partial charge in [-0.2, -0.15) is 6.07 Å². The van der Waals surface area contributed by atoms with E-state index in [1.807, 2.05) is 12.4 Å². The van der Waals surface area contributed by atoms with Crippen molar-refractivity contribution in [3.05, 3.63) is 64.0 Å². The van der Waals surface area contributed by atoms with E-state index in [0.717, 1.165) is 11.1 Å². The summed E-state index contributed by atoms with van der Waals surface area (Å²) in [4.78, 5) is 14.8. The van der Waals surface area contributed by atoms with Crippen LogP contribution >= 0.6 is 0 Å². The van der Waals surface area contributed by atoms with Crippen LogP contribution in [0.5, 0.6) is 0 Å². The van der Waals surface area contributed by atoms with E-state index in [1.54, 1.807) is 12.3 Å². The van der Waals surface area contributed by atoms with E-state index in [1.165, 1.54) is 35.1 Å². The molecule has 1 aromatic carbocycles. The first-order valence-corrected chi connectivity index (χ1v) is 9.32. The number of pyridine rings is 1. The Labute approximate surface area is 252 Å². The van der Waals surface area contributed by atoms with Crippen LogP contribution in [0.2, 0.25) is 0 Å². The second kappa shape index (κ2) is 11.7. The number of benzene rings is 1. The molecule has 0 fully saturated rings. The van der Waals surface area contributed by atoms with Gasteiger partial charge in [0.15, 0.2) is 0 Å². The van der Waals surface area contributed by atoms with Crippen molar-refractivity contribution in [2.45, 2.75) is 65.2 Å². The Balaban J connectivity index is 0.00000261. The Bertz CT molecular complexity index is 886. The molecule has 0 amide bonds.